The standard InChI is InChI=1S/C13H26N2S/c1-2-16-10-9-15-7-5-12(6-8-15)11-14-13-3-4-13/h12-14H,2-11H2,1H3. The predicted octanol–water partition coefficient (Wildman–Crippen LogP) is 2.20. The Hall–Kier alpha value is 0.270. The van der Waals surface area contributed by atoms with Crippen molar-refractivity contribution in [2.45, 2.75) is 38.6 Å². The second-order valence-electron chi connectivity index (χ2n) is 5.16. The lowest BCUT2D eigenvalue weighted by molar-refractivity contribution is 0.191. The summed E-state index contributed by atoms with van der Waals surface area (Å²) in [6.07, 6.45) is 5.67. The van der Waals surface area contributed by atoms with E-state index in [0.717, 1.165) is 12.0 Å². The molecular weight excluding hydrogens is 216 g/mol. The zero-order valence-electron chi connectivity index (χ0n) is 10.6. The lowest BCUT2D eigenvalue weighted by Crippen LogP contribution is -2.38. The fourth-order valence-electron chi connectivity index (χ4n) is 2.37. The fourth-order valence-corrected chi connectivity index (χ4v) is 3.05. The molecule has 2 aliphatic rings. The Balaban J connectivity index is 1.51. The fraction of sp³-hybridized carbons (Fsp3) is 1.00. The molecule has 1 saturated carbocycles. The average molecular weight is 242 g/mol. The maximum atomic E-state index is 3.67. The summed E-state index contributed by atoms with van der Waals surface area (Å²) in [6, 6.07) is 0.888. The number of likely N-dealkylation sites (tertiary alicyclic amines) is 1. The molecule has 2 nitrogen and oxygen atoms in total. The first-order valence-electron chi connectivity index (χ1n) is 6.92. The molecule has 2 rings (SSSR count). The third-order valence-corrected chi connectivity index (χ3v) is 4.62. The Morgan fingerprint density at radius 1 is 1.19 bits per heavy atom. The topological polar surface area (TPSA) is 15.3 Å². The smallest absolute Gasteiger partial charge is 0.00723 e. The van der Waals surface area contributed by atoms with E-state index in [-0.39, 0.29) is 0 Å². The molecule has 0 unspecified atom stereocenters. The van der Waals surface area contributed by atoms with Gasteiger partial charge in [-0.1, -0.05) is 6.92 Å². The molecule has 0 aromatic carbocycles. The monoisotopic (exact) mass is 242 g/mol. The summed E-state index contributed by atoms with van der Waals surface area (Å²) in [6.45, 7) is 7.51. The molecule has 1 saturated heterocycles. The van der Waals surface area contributed by atoms with Crippen molar-refractivity contribution in [3.05, 3.63) is 0 Å². The van der Waals surface area contributed by atoms with E-state index in [1.807, 2.05) is 0 Å². The summed E-state index contributed by atoms with van der Waals surface area (Å²) >= 11 is 2.07. The van der Waals surface area contributed by atoms with Crippen LogP contribution in [-0.2, 0) is 0 Å². The SMILES string of the molecule is CCSCCN1CCC(CNC2CC2)CC1. The minimum absolute atomic E-state index is 0.888. The van der Waals surface area contributed by atoms with Gasteiger partial charge in [-0.05, 0) is 57.0 Å². The highest BCUT2D eigenvalue weighted by Crippen LogP contribution is 2.21. The summed E-state index contributed by atoms with van der Waals surface area (Å²) in [5, 5.41) is 3.67. The molecule has 1 aliphatic heterocycles. The van der Waals surface area contributed by atoms with Gasteiger partial charge in [-0.25, -0.2) is 0 Å². The maximum absolute atomic E-state index is 3.67. The van der Waals surface area contributed by atoms with Gasteiger partial charge >= 0.3 is 0 Å². The van der Waals surface area contributed by atoms with E-state index < -0.39 is 0 Å². The van der Waals surface area contributed by atoms with Crippen LogP contribution in [0.1, 0.15) is 32.6 Å². The van der Waals surface area contributed by atoms with Crippen molar-refractivity contribution >= 4 is 11.8 Å². The summed E-state index contributed by atoms with van der Waals surface area (Å²) in [4.78, 5) is 2.65. The van der Waals surface area contributed by atoms with Crippen LogP contribution in [0.4, 0.5) is 0 Å². The number of piperidine rings is 1. The first kappa shape index (κ1) is 12.7. The van der Waals surface area contributed by atoms with E-state index in [4.69, 9.17) is 0 Å². The van der Waals surface area contributed by atoms with Crippen molar-refractivity contribution in [2.75, 3.05) is 37.7 Å². The lowest BCUT2D eigenvalue weighted by Gasteiger charge is -2.32. The van der Waals surface area contributed by atoms with Crippen LogP contribution in [0.15, 0.2) is 0 Å². The molecule has 0 aromatic rings. The van der Waals surface area contributed by atoms with Crippen LogP contribution < -0.4 is 5.32 Å². The molecule has 0 aromatic heterocycles. The number of hydrogen-bond acceptors (Lipinski definition) is 3. The van der Waals surface area contributed by atoms with Crippen LogP contribution in [0.5, 0.6) is 0 Å². The molecule has 94 valence electrons. The van der Waals surface area contributed by atoms with Gasteiger partial charge in [0.25, 0.3) is 0 Å². The highest BCUT2D eigenvalue weighted by atomic mass is 32.2. The van der Waals surface area contributed by atoms with Gasteiger partial charge in [0.05, 0.1) is 0 Å². The molecule has 0 radical (unpaired) electrons. The minimum atomic E-state index is 0.888. The molecule has 0 spiro atoms. The molecule has 16 heavy (non-hydrogen) atoms. The Kier molecular flexibility index (Phi) is 5.46. The van der Waals surface area contributed by atoms with Gasteiger partial charge in [-0.2, -0.15) is 11.8 Å². The van der Waals surface area contributed by atoms with Gasteiger partial charge in [-0.15, -0.1) is 0 Å². The van der Waals surface area contributed by atoms with E-state index in [1.165, 1.54) is 63.4 Å². The van der Waals surface area contributed by atoms with E-state index in [9.17, 15) is 0 Å². The van der Waals surface area contributed by atoms with Crippen LogP contribution >= 0.6 is 11.8 Å². The molecule has 1 aliphatic carbocycles. The number of nitrogens with one attached hydrogen (secondary N) is 1. The summed E-state index contributed by atoms with van der Waals surface area (Å²) in [5.41, 5.74) is 0. The van der Waals surface area contributed by atoms with Gasteiger partial charge in [0.2, 0.25) is 0 Å². The summed E-state index contributed by atoms with van der Waals surface area (Å²) < 4.78 is 0. The molecule has 0 amide bonds. The van der Waals surface area contributed by atoms with Gasteiger partial charge in [-0.3, -0.25) is 0 Å². The number of thioether (sulfide) groups is 1. The Morgan fingerprint density at radius 2 is 1.94 bits per heavy atom. The Morgan fingerprint density at radius 3 is 2.56 bits per heavy atom. The van der Waals surface area contributed by atoms with Gasteiger partial charge in [0.15, 0.2) is 0 Å². The van der Waals surface area contributed by atoms with E-state index in [1.54, 1.807) is 0 Å². The first-order chi connectivity index (χ1) is 7.88. The number of nitrogens with zero attached hydrogens (tertiary/aromatic N) is 1. The van der Waals surface area contributed by atoms with Crippen LogP contribution in [0.3, 0.4) is 0 Å². The molecule has 0 bridgehead atoms. The first-order valence-corrected chi connectivity index (χ1v) is 8.07. The van der Waals surface area contributed by atoms with Crippen molar-refractivity contribution in [1.29, 1.82) is 0 Å². The van der Waals surface area contributed by atoms with E-state index in [2.05, 4.69) is 28.9 Å². The molecule has 1 N–H and O–H groups in total. The summed E-state index contributed by atoms with van der Waals surface area (Å²) in [5.74, 6) is 3.54. The van der Waals surface area contributed by atoms with Crippen molar-refractivity contribution in [3.8, 4) is 0 Å². The molecule has 1 heterocycles. The number of hydrogen-bond donors (Lipinski definition) is 1. The van der Waals surface area contributed by atoms with Crippen LogP contribution in [0.2, 0.25) is 0 Å². The second kappa shape index (κ2) is 6.87. The quantitative estimate of drug-likeness (QED) is 0.689. The normalized spacial score (nSPS) is 23.8. The number of rotatable bonds is 7. The minimum Gasteiger partial charge on any atom is -0.314 e. The Labute approximate surface area is 105 Å². The van der Waals surface area contributed by atoms with Crippen LogP contribution in [-0.4, -0.2) is 48.6 Å². The molecule has 2 fully saturated rings. The molecule has 0 atom stereocenters. The molecular formula is C13H26N2S. The van der Waals surface area contributed by atoms with Gasteiger partial charge in [0.1, 0.15) is 0 Å². The second-order valence-corrected chi connectivity index (χ2v) is 6.56. The van der Waals surface area contributed by atoms with Crippen molar-refractivity contribution < 1.29 is 0 Å². The average Bonchev–Trinajstić information content (AvgIpc) is 3.12. The summed E-state index contributed by atoms with van der Waals surface area (Å²) in [7, 11) is 0. The largest absolute Gasteiger partial charge is 0.314 e. The van der Waals surface area contributed by atoms with Crippen LogP contribution in [0.25, 0.3) is 0 Å². The van der Waals surface area contributed by atoms with Crippen molar-refractivity contribution in [1.82, 2.24) is 10.2 Å². The van der Waals surface area contributed by atoms with Crippen molar-refractivity contribution in [3.63, 3.8) is 0 Å². The van der Waals surface area contributed by atoms with Gasteiger partial charge in [0, 0.05) is 18.3 Å². The predicted molar refractivity (Wildman–Crippen MR) is 73.2 cm³/mol. The highest BCUT2D eigenvalue weighted by molar-refractivity contribution is 7.99. The van der Waals surface area contributed by atoms with Crippen LogP contribution in [0, 0.1) is 5.92 Å². The zero-order chi connectivity index (χ0) is 11.2. The Bertz CT molecular complexity index is 186. The third kappa shape index (κ3) is 4.64. The van der Waals surface area contributed by atoms with E-state index in [0.29, 0.717) is 0 Å². The maximum Gasteiger partial charge on any atom is 0.00723 e. The third-order valence-electron chi connectivity index (χ3n) is 3.74. The lowest BCUT2D eigenvalue weighted by atomic mass is 9.97. The van der Waals surface area contributed by atoms with Crippen molar-refractivity contribution in [2.24, 2.45) is 5.92 Å². The van der Waals surface area contributed by atoms with Gasteiger partial charge < -0.3 is 10.2 Å². The zero-order valence-corrected chi connectivity index (χ0v) is 11.4. The molecule has 3 heteroatoms. The highest BCUT2D eigenvalue weighted by Gasteiger charge is 2.23. The van der Waals surface area contributed by atoms with E-state index >= 15 is 0 Å².